The maximum atomic E-state index is 12.7. The molecule has 11 heteroatoms. The van der Waals surface area contributed by atoms with Crippen molar-refractivity contribution in [1.82, 2.24) is 24.8 Å². The second-order valence-corrected chi connectivity index (χ2v) is 9.35. The van der Waals surface area contributed by atoms with Gasteiger partial charge < -0.3 is 14.5 Å². The fraction of sp³-hybridized carbons (Fsp3) is 0.650. The molecule has 0 aliphatic carbocycles. The molecule has 8 nitrogen and oxygen atoms in total. The zero-order valence-electron chi connectivity index (χ0n) is 17.7. The highest BCUT2D eigenvalue weighted by atomic mass is 19.4. The van der Waals surface area contributed by atoms with Crippen molar-refractivity contribution in [2.24, 2.45) is 5.41 Å². The molecule has 0 atom stereocenters. The van der Waals surface area contributed by atoms with E-state index in [1.807, 2.05) is 25.7 Å². The minimum atomic E-state index is -4.36. The van der Waals surface area contributed by atoms with E-state index < -0.39 is 18.2 Å². The molecular weight excluding hydrogens is 413 g/mol. The van der Waals surface area contributed by atoms with Crippen LogP contribution in [0.2, 0.25) is 0 Å². The number of piperidine rings is 1. The number of anilines is 1. The first kappa shape index (κ1) is 21.5. The van der Waals surface area contributed by atoms with Crippen LogP contribution in [0.3, 0.4) is 0 Å². The number of hydrogen-bond acceptors (Lipinski definition) is 7. The number of halogens is 3. The average Bonchev–Trinajstić information content (AvgIpc) is 2.63. The summed E-state index contributed by atoms with van der Waals surface area (Å²) < 4.78 is 43.7. The van der Waals surface area contributed by atoms with E-state index in [1.54, 1.807) is 4.90 Å². The van der Waals surface area contributed by atoms with Gasteiger partial charge in [-0.15, -0.1) is 0 Å². The van der Waals surface area contributed by atoms with Crippen LogP contribution < -0.4 is 4.90 Å². The topological polar surface area (TPSA) is 84.3 Å². The minimum absolute atomic E-state index is 0.0484. The van der Waals surface area contributed by atoms with Gasteiger partial charge in [-0.3, -0.25) is 0 Å². The molecule has 2 aliphatic rings. The predicted octanol–water partition coefficient (Wildman–Crippen LogP) is 3.36. The first-order valence-electron chi connectivity index (χ1n) is 10.2. The van der Waals surface area contributed by atoms with Gasteiger partial charge in [-0.2, -0.15) is 13.2 Å². The molecule has 0 bridgehead atoms. The summed E-state index contributed by atoms with van der Waals surface area (Å²) in [5.74, 6) is 0.502. The zero-order valence-corrected chi connectivity index (χ0v) is 17.7. The Morgan fingerprint density at radius 3 is 2.42 bits per heavy atom. The fourth-order valence-electron chi connectivity index (χ4n) is 4.10. The van der Waals surface area contributed by atoms with Crippen LogP contribution in [0.1, 0.15) is 39.3 Å². The third-order valence-corrected chi connectivity index (χ3v) is 5.58. The van der Waals surface area contributed by atoms with Crippen LogP contribution >= 0.6 is 0 Å². The Kier molecular flexibility index (Phi) is 5.17. The first-order valence-corrected chi connectivity index (χ1v) is 10.2. The molecule has 31 heavy (non-hydrogen) atoms. The van der Waals surface area contributed by atoms with E-state index in [-0.39, 0.29) is 28.4 Å². The van der Waals surface area contributed by atoms with Crippen molar-refractivity contribution >= 4 is 23.1 Å². The van der Waals surface area contributed by atoms with Crippen LogP contribution in [-0.2, 0) is 11.2 Å². The van der Waals surface area contributed by atoms with Gasteiger partial charge in [-0.05, 0) is 33.6 Å². The van der Waals surface area contributed by atoms with Crippen molar-refractivity contribution in [3.63, 3.8) is 0 Å². The molecule has 0 unspecified atom stereocenters. The van der Waals surface area contributed by atoms with Crippen molar-refractivity contribution in [3.8, 4) is 0 Å². The molecule has 2 saturated heterocycles. The summed E-state index contributed by atoms with van der Waals surface area (Å²) in [5.41, 5.74) is -0.0781. The number of alkyl halides is 3. The summed E-state index contributed by atoms with van der Waals surface area (Å²) in [4.78, 5) is 32.5. The van der Waals surface area contributed by atoms with Crippen molar-refractivity contribution < 1.29 is 22.7 Å². The Morgan fingerprint density at radius 1 is 1.13 bits per heavy atom. The SMILES string of the molecule is CC(C)(C)OC(=O)N1CCC2(CC1)CN(c1ncnc3ncc(CC(F)(F)F)nc13)C2. The zero-order chi connectivity index (χ0) is 22.4. The molecule has 0 saturated carbocycles. The molecule has 1 amide bonds. The molecular formula is C20H25F3N6O2. The number of fused-ring (bicyclic) bond motifs is 1. The highest BCUT2D eigenvalue weighted by Crippen LogP contribution is 2.43. The summed E-state index contributed by atoms with van der Waals surface area (Å²) >= 11 is 0. The van der Waals surface area contributed by atoms with Gasteiger partial charge in [0.15, 0.2) is 17.0 Å². The standard InChI is InChI=1S/C20H25F3N6O2/c1-18(2,3)31-17(30)28-6-4-19(5-7-28)10-29(11-19)16-14-15(25-12-26-16)24-9-13(27-14)8-20(21,22)23/h9,12H,4-8,10-11H2,1-3H3. The molecule has 4 rings (SSSR count). The second-order valence-electron chi connectivity index (χ2n) is 9.35. The average molecular weight is 438 g/mol. The maximum Gasteiger partial charge on any atom is 0.410 e. The van der Waals surface area contributed by atoms with Gasteiger partial charge in [0.05, 0.1) is 18.3 Å². The number of amides is 1. The summed E-state index contributed by atoms with van der Waals surface area (Å²) in [7, 11) is 0. The van der Waals surface area contributed by atoms with E-state index in [4.69, 9.17) is 4.74 Å². The molecule has 0 aromatic carbocycles. The number of nitrogens with zero attached hydrogens (tertiary/aromatic N) is 6. The van der Waals surface area contributed by atoms with Crippen molar-refractivity contribution in [2.75, 3.05) is 31.1 Å². The maximum absolute atomic E-state index is 12.7. The summed E-state index contributed by atoms with van der Waals surface area (Å²) in [6, 6.07) is 0. The number of carbonyl (C=O) groups is 1. The van der Waals surface area contributed by atoms with E-state index >= 15 is 0 Å². The van der Waals surface area contributed by atoms with Crippen LogP contribution in [0.25, 0.3) is 11.2 Å². The van der Waals surface area contributed by atoms with Gasteiger partial charge >= 0.3 is 12.3 Å². The monoisotopic (exact) mass is 438 g/mol. The third kappa shape index (κ3) is 4.80. The molecule has 0 N–H and O–H groups in total. The van der Waals surface area contributed by atoms with E-state index in [2.05, 4.69) is 19.9 Å². The smallest absolute Gasteiger partial charge is 0.410 e. The summed E-state index contributed by atoms with van der Waals surface area (Å²) in [5, 5.41) is 0. The third-order valence-electron chi connectivity index (χ3n) is 5.58. The Balaban J connectivity index is 1.43. The van der Waals surface area contributed by atoms with Gasteiger partial charge in [0, 0.05) is 31.6 Å². The number of aromatic nitrogens is 4. The lowest BCUT2D eigenvalue weighted by molar-refractivity contribution is -0.127. The molecule has 2 fully saturated rings. The van der Waals surface area contributed by atoms with Gasteiger partial charge in [0.2, 0.25) is 0 Å². The number of carbonyl (C=O) groups excluding carboxylic acids is 1. The van der Waals surface area contributed by atoms with E-state index in [1.165, 1.54) is 6.33 Å². The first-order chi connectivity index (χ1) is 14.4. The second kappa shape index (κ2) is 7.45. The predicted molar refractivity (Wildman–Crippen MR) is 107 cm³/mol. The summed E-state index contributed by atoms with van der Waals surface area (Å²) in [6.45, 7) is 8.16. The van der Waals surface area contributed by atoms with Crippen LogP contribution in [-0.4, -0.2) is 68.9 Å². The van der Waals surface area contributed by atoms with Crippen molar-refractivity contribution in [2.45, 2.75) is 51.8 Å². The van der Waals surface area contributed by atoms with Gasteiger partial charge in [-0.25, -0.2) is 24.7 Å². The highest BCUT2D eigenvalue weighted by Gasteiger charge is 2.47. The Bertz CT molecular complexity index is 975. The number of hydrogen-bond donors (Lipinski definition) is 0. The van der Waals surface area contributed by atoms with Crippen molar-refractivity contribution in [3.05, 3.63) is 18.2 Å². The molecule has 2 aliphatic heterocycles. The number of ether oxygens (including phenoxy) is 1. The normalized spacial score (nSPS) is 18.9. The Hall–Kier alpha value is -2.72. The fourth-order valence-corrected chi connectivity index (χ4v) is 4.10. The van der Waals surface area contributed by atoms with E-state index in [0.717, 1.165) is 19.0 Å². The minimum Gasteiger partial charge on any atom is -0.444 e. The van der Waals surface area contributed by atoms with E-state index in [0.29, 0.717) is 32.0 Å². The van der Waals surface area contributed by atoms with Crippen LogP contribution in [0.5, 0.6) is 0 Å². The quantitative estimate of drug-likeness (QED) is 0.711. The van der Waals surface area contributed by atoms with Crippen LogP contribution in [0.15, 0.2) is 12.5 Å². The molecule has 4 heterocycles. The molecule has 0 radical (unpaired) electrons. The lowest BCUT2D eigenvalue weighted by Crippen LogP contribution is -2.61. The van der Waals surface area contributed by atoms with Gasteiger partial charge in [-0.1, -0.05) is 0 Å². The lowest BCUT2D eigenvalue weighted by atomic mass is 9.72. The number of rotatable bonds is 2. The lowest BCUT2D eigenvalue weighted by Gasteiger charge is -2.54. The van der Waals surface area contributed by atoms with Gasteiger partial charge in [0.1, 0.15) is 11.9 Å². The Labute approximate surface area is 177 Å². The Morgan fingerprint density at radius 2 is 1.81 bits per heavy atom. The van der Waals surface area contributed by atoms with Gasteiger partial charge in [0.25, 0.3) is 0 Å². The molecule has 1 spiro atoms. The summed E-state index contributed by atoms with van der Waals surface area (Å²) in [6.07, 6.45) is -1.68. The van der Waals surface area contributed by atoms with Crippen molar-refractivity contribution in [1.29, 1.82) is 0 Å². The highest BCUT2D eigenvalue weighted by molar-refractivity contribution is 5.83. The van der Waals surface area contributed by atoms with Crippen LogP contribution in [0, 0.1) is 5.41 Å². The van der Waals surface area contributed by atoms with E-state index in [9.17, 15) is 18.0 Å². The molecule has 2 aromatic rings. The van der Waals surface area contributed by atoms with Crippen LogP contribution in [0.4, 0.5) is 23.8 Å². The number of likely N-dealkylation sites (tertiary alicyclic amines) is 1. The largest absolute Gasteiger partial charge is 0.444 e. The molecule has 168 valence electrons. The molecule has 2 aromatic heterocycles.